The Bertz CT molecular complexity index is 976. The molecule has 8 heteroatoms. The number of aromatic hydroxyl groups is 1. The van der Waals surface area contributed by atoms with Gasteiger partial charge in [0.1, 0.15) is 16.5 Å². The van der Waals surface area contributed by atoms with E-state index in [-0.39, 0.29) is 18.5 Å². The van der Waals surface area contributed by atoms with E-state index in [0.29, 0.717) is 10.6 Å². The molecular weight excluding hydrogens is 388 g/mol. The summed E-state index contributed by atoms with van der Waals surface area (Å²) < 4.78 is 10.0. The highest BCUT2D eigenvalue weighted by Gasteiger charge is 2.21. The fraction of sp³-hybridized carbons (Fsp3) is 0.286. The Labute approximate surface area is 174 Å². The lowest BCUT2D eigenvalue weighted by molar-refractivity contribution is 0.241. The summed E-state index contributed by atoms with van der Waals surface area (Å²) in [6, 6.07) is 13.4. The highest BCUT2D eigenvalue weighted by molar-refractivity contribution is 7.10. The minimum Gasteiger partial charge on any atom is -0.492 e. The Morgan fingerprint density at radius 1 is 1.14 bits per heavy atom. The first kappa shape index (κ1) is 21.1. The molecule has 0 aliphatic rings. The van der Waals surface area contributed by atoms with Crippen molar-refractivity contribution in [2.75, 3.05) is 11.9 Å². The van der Waals surface area contributed by atoms with Gasteiger partial charge in [-0.3, -0.25) is 5.32 Å². The molecule has 1 heterocycles. The van der Waals surface area contributed by atoms with Crippen LogP contribution in [0.5, 0.6) is 17.4 Å². The van der Waals surface area contributed by atoms with E-state index in [0.717, 1.165) is 39.8 Å². The summed E-state index contributed by atoms with van der Waals surface area (Å²) in [5, 5.41) is 26.3. The average Bonchev–Trinajstić information content (AvgIpc) is 3.05. The van der Waals surface area contributed by atoms with E-state index in [1.807, 2.05) is 56.3 Å². The van der Waals surface area contributed by atoms with Crippen molar-refractivity contribution >= 4 is 22.2 Å². The van der Waals surface area contributed by atoms with Crippen molar-refractivity contribution < 1.29 is 14.9 Å². The Hall–Kier alpha value is -2.65. The summed E-state index contributed by atoms with van der Waals surface area (Å²) in [5.74, 6) is 1.47. The maximum atomic E-state index is 10.1. The van der Waals surface area contributed by atoms with Gasteiger partial charge in [-0.2, -0.15) is 4.37 Å². The van der Waals surface area contributed by atoms with Crippen molar-refractivity contribution in [2.45, 2.75) is 33.0 Å². The molecule has 6 N–H and O–H groups in total. The second-order valence-corrected chi connectivity index (χ2v) is 7.72. The van der Waals surface area contributed by atoms with Crippen LogP contribution < -0.4 is 21.1 Å². The number of nitrogens with zero attached hydrogens (tertiary/aromatic N) is 1. The smallest absolute Gasteiger partial charge is 0.231 e. The molecule has 7 nitrogen and oxygen atoms in total. The Balaban J connectivity index is 1.78. The molecule has 0 radical (unpaired) electrons. The van der Waals surface area contributed by atoms with Crippen molar-refractivity contribution in [3.63, 3.8) is 0 Å². The van der Waals surface area contributed by atoms with Crippen LogP contribution in [-0.4, -0.2) is 27.2 Å². The molecule has 0 amide bonds. The van der Waals surface area contributed by atoms with Crippen LogP contribution in [0.4, 0.5) is 10.7 Å². The quantitative estimate of drug-likeness (QED) is 0.355. The van der Waals surface area contributed by atoms with Crippen LogP contribution in [0.2, 0.25) is 0 Å². The van der Waals surface area contributed by atoms with E-state index in [2.05, 4.69) is 15.0 Å². The topological polar surface area (TPSA) is 113 Å². The van der Waals surface area contributed by atoms with Gasteiger partial charge in [-0.05, 0) is 67.7 Å². The van der Waals surface area contributed by atoms with Gasteiger partial charge in [0.15, 0.2) is 0 Å². The highest BCUT2D eigenvalue weighted by atomic mass is 32.1. The fourth-order valence-electron chi connectivity index (χ4n) is 2.86. The monoisotopic (exact) mass is 414 g/mol. The number of benzene rings is 2. The third-order valence-electron chi connectivity index (χ3n) is 4.50. The van der Waals surface area contributed by atoms with E-state index in [9.17, 15) is 10.2 Å². The third kappa shape index (κ3) is 5.04. The molecule has 0 aliphatic heterocycles. The molecule has 2 unspecified atom stereocenters. The van der Waals surface area contributed by atoms with Gasteiger partial charge in [0.05, 0.1) is 18.3 Å². The number of aliphatic hydroxyl groups is 1. The standard InChI is InChI=1S/C21H26N4O3S/c1-12-6-4-5-7-16(12)28-17-9-8-15(10-13(17)2)24-21-18(20(27)25-29-21)19(22)23-14(3)11-26/h4-10,14,19,23-24,26H,11,22H2,1-3H3,(H,25,27). The van der Waals surface area contributed by atoms with Crippen molar-refractivity contribution in [1.82, 2.24) is 9.69 Å². The van der Waals surface area contributed by atoms with Crippen LogP contribution in [0.3, 0.4) is 0 Å². The van der Waals surface area contributed by atoms with Gasteiger partial charge in [-0.25, -0.2) is 0 Å². The largest absolute Gasteiger partial charge is 0.492 e. The van der Waals surface area contributed by atoms with Gasteiger partial charge in [-0.15, -0.1) is 0 Å². The maximum absolute atomic E-state index is 10.1. The summed E-state index contributed by atoms with van der Waals surface area (Å²) in [5.41, 5.74) is 9.47. The lowest BCUT2D eigenvalue weighted by Gasteiger charge is -2.19. The third-order valence-corrected chi connectivity index (χ3v) is 5.27. The fourth-order valence-corrected chi connectivity index (χ4v) is 3.62. The normalized spacial score (nSPS) is 13.1. The number of anilines is 2. The van der Waals surface area contributed by atoms with Crippen molar-refractivity contribution in [3.8, 4) is 17.4 Å². The lowest BCUT2D eigenvalue weighted by atomic mass is 10.1. The van der Waals surface area contributed by atoms with E-state index < -0.39 is 6.17 Å². The first-order valence-electron chi connectivity index (χ1n) is 9.31. The van der Waals surface area contributed by atoms with E-state index >= 15 is 0 Å². The molecule has 3 aromatic rings. The zero-order valence-corrected chi connectivity index (χ0v) is 17.5. The second-order valence-electron chi connectivity index (χ2n) is 6.95. The number of hydrogen-bond donors (Lipinski definition) is 5. The molecule has 0 fully saturated rings. The van der Waals surface area contributed by atoms with Gasteiger partial charge in [-0.1, -0.05) is 18.2 Å². The molecule has 0 saturated carbocycles. The van der Waals surface area contributed by atoms with Crippen LogP contribution >= 0.6 is 11.5 Å². The number of nitrogens with two attached hydrogens (primary N) is 1. The Kier molecular flexibility index (Phi) is 6.71. The van der Waals surface area contributed by atoms with Gasteiger partial charge in [0.2, 0.25) is 5.88 Å². The molecule has 0 aliphatic carbocycles. The van der Waals surface area contributed by atoms with E-state index in [1.54, 1.807) is 6.92 Å². The number of nitrogens with one attached hydrogen (secondary N) is 2. The molecule has 0 spiro atoms. The molecule has 154 valence electrons. The summed E-state index contributed by atoms with van der Waals surface area (Å²) in [7, 11) is 0. The minimum absolute atomic E-state index is 0.0592. The number of rotatable bonds is 8. The SMILES string of the molecule is Cc1ccccc1Oc1ccc(Nc2snc(O)c2C(N)NC(C)CO)cc1C. The highest BCUT2D eigenvalue weighted by Crippen LogP contribution is 2.36. The number of hydrogen-bond acceptors (Lipinski definition) is 8. The number of aromatic nitrogens is 1. The molecule has 0 bridgehead atoms. The lowest BCUT2D eigenvalue weighted by Crippen LogP contribution is -2.37. The van der Waals surface area contributed by atoms with Gasteiger partial charge in [0.25, 0.3) is 0 Å². The predicted octanol–water partition coefficient (Wildman–Crippen LogP) is 3.93. The molecule has 2 aromatic carbocycles. The number of aliphatic hydroxyl groups excluding tert-OH is 1. The van der Waals surface area contributed by atoms with Gasteiger partial charge in [0, 0.05) is 11.7 Å². The van der Waals surface area contributed by atoms with Crippen molar-refractivity contribution in [2.24, 2.45) is 5.73 Å². The first-order valence-corrected chi connectivity index (χ1v) is 10.1. The Morgan fingerprint density at radius 2 is 1.86 bits per heavy atom. The summed E-state index contributed by atoms with van der Waals surface area (Å²) in [6.45, 7) is 5.73. The van der Waals surface area contributed by atoms with Crippen LogP contribution in [0, 0.1) is 13.8 Å². The van der Waals surface area contributed by atoms with E-state index in [4.69, 9.17) is 10.5 Å². The summed E-state index contributed by atoms with van der Waals surface area (Å²) in [4.78, 5) is 0. The summed E-state index contributed by atoms with van der Waals surface area (Å²) in [6.07, 6.45) is -0.664. The van der Waals surface area contributed by atoms with Crippen molar-refractivity contribution in [1.29, 1.82) is 0 Å². The predicted molar refractivity (Wildman–Crippen MR) is 116 cm³/mol. The maximum Gasteiger partial charge on any atom is 0.231 e. The molecule has 3 rings (SSSR count). The zero-order valence-electron chi connectivity index (χ0n) is 16.6. The second kappa shape index (κ2) is 9.23. The molecule has 2 atom stereocenters. The van der Waals surface area contributed by atoms with Crippen LogP contribution in [0.1, 0.15) is 29.8 Å². The zero-order chi connectivity index (χ0) is 21.0. The number of aryl methyl sites for hydroxylation is 2. The first-order chi connectivity index (χ1) is 13.9. The van der Waals surface area contributed by atoms with Crippen LogP contribution in [0.25, 0.3) is 0 Å². The van der Waals surface area contributed by atoms with E-state index in [1.165, 1.54) is 0 Å². The van der Waals surface area contributed by atoms with Gasteiger partial charge >= 0.3 is 0 Å². The van der Waals surface area contributed by atoms with Crippen LogP contribution in [0.15, 0.2) is 42.5 Å². The molecule has 0 saturated heterocycles. The molecular formula is C21H26N4O3S. The van der Waals surface area contributed by atoms with Crippen LogP contribution in [-0.2, 0) is 0 Å². The molecule has 29 heavy (non-hydrogen) atoms. The summed E-state index contributed by atoms with van der Waals surface area (Å²) >= 11 is 1.12. The Morgan fingerprint density at radius 3 is 2.55 bits per heavy atom. The number of para-hydroxylation sites is 1. The van der Waals surface area contributed by atoms with Gasteiger partial charge < -0.3 is 26.0 Å². The minimum atomic E-state index is -0.664. The average molecular weight is 415 g/mol. The van der Waals surface area contributed by atoms with Crippen molar-refractivity contribution in [3.05, 3.63) is 59.2 Å². The molecule has 1 aromatic heterocycles. The number of ether oxygens (including phenoxy) is 1.